The molecule has 26 heavy (non-hydrogen) atoms. The Morgan fingerprint density at radius 2 is 2.23 bits per heavy atom. The minimum Gasteiger partial charge on any atom is -0.356 e. The van der Waals surface area contributed by atoms with Gasteiger partial charge in [-0.3, -0.25) is 4.79 Å². The Bertz CT molecular complexity index is 765. The Morgan fingerprint density at radius 1 is 1.38 bits per heavy atom. The molecule has 1 N–H and O–H groups in total. The smallest absolute Gasteiger partial charge is 0.224 e. The average molecular weight is 356 g/mol. The van der Waals surface area contributed by atoms with E-state index in [0.717, 1.165) is 25.2 Å². The van der Waals surface area contributed by atoms with E-state index in [1.54, 1.807) is 18.3 Å². The fraction of sp³-hybridized carbons (Fsp3) is 0.450. The van der Waals surface area contributed by atoms with Crippen LogP contribution in [0, 0.1) is 17.7 Å². The number of hydrogen-bond donors (Lipinski definition) is 1. The van der Waals surface area contributed by atoms with E-state index in [1.165, 1.54) is 12.1 Å². The van der Waals surface area contributed by atoms with Gasteiger partial charge >= 0.3 is 0 Å². The van der Waals surface area contributed by atoms with Crippen LogP contribution in [0.25, 0.3) is 11.4 Å². The van der Waals surface area contributed by atoms with Crippen molar-refractivity contribution in [3.63, 3.8) is 0 Å². The zero-order valence-corrected chi connectivity index (χ0v) is 15.3. The molecule has 0 radical (unpaired) electrons. The van der Waals surface area contributed by atoms with E-state index >= 15 is 0 Å². The molecule has 5 nitrogen and oxygen atoms in total. The molecule has 1 aliphatic rings. The van der Waals surface area contributed by atoms with Crippen molar-refractivity contribution in [1.29, 1.82) is 0 Å². The summed E-state index contributed by atoms with van der Waals surface area (Å²) in [6.07, 6.45) is 3.52. The van der Waals surface area contributed by atoms with Gasteiger partial charge in [0.25, 0.3) is 0 Å². The topological polar surface area (TPSA) is 58.1 Å². The molecule has 3 rings (SSSR count). The SMILES string of the molecule is CC(C)CNC(=O)[C@H]1CCCN(c2ccnc(-c3cccc(F)c3)n2)C1. The second-order valence-corrected chi connectivity index (χ2v) is 7.17. The van der Waals surface area contributed by atoms with Crippen LogP contribution in [0.2, 0.25) is 0 Å². The predicted molar refractivity (Wildman–Crippen MR) is 100 cm³/mol. The summed E-state index contributed by atoms with van der Waals surface area (Å²) in [7, 11) is 0. The van der Waals surface area contributed by atoms with Crippen molar-refractivity contribution >= 4 is 11.7 Å². The molecule has 0 aliphatic carbocycles. The van der Waals surface area contributed by atoms with E-state index in [4.69, 9.17) is 0 Å². The van der Waals surface area contributed by atoms with Gasteiger partial charge in [0.15, 0.2) is 5.82 Å². The lowest BCUT2D eigenvalue weighted by Gasteiger charge is -2.33. The van der Waals surface area contributed by atoms with E-state index < -0.39 is 0 Å². The molecule has 1 aliphatic heterocycles. The molecule has 0 saturated carbocycles. The number of amides is 1. The highest BCUT2D eigenvalue weighted by Gasteiger charge is 2.26. The van der Waals surface area contributed by atoms with Gasteiger partial charge in [-0.25, -0.2) is 14.4 Å². The van der Waals surface area contributed by atoms with Crippen LogP contribution >= 0.6 is 0 Å². The lowest BCUT2D eigenvalue weighted by Crippen LogP contribution is -2.44. The first-order valence-corrected chi connectivity index (χ1v) is 9.14. The summed E-state index contributed by atoms with van der Waals surface area (Å²) in [4.78, 5) is 23.4. The number of nitrogens with one attached hydrogen (secondary N) is 1. The van der Waals surface area contributed by atoms with Crippen molar-refractivity contribution in [1.82, 2.24) is 15.3 Å². The Balaban J connectivity index is 1.72. The Labute approximate surface area is 153 Å². The first-order chi connectivity index (χ1) is 12.5. The number of nitrogens with zero attached hydrogens (tertiary/aromatic N) is 3. The lowest BCUT2D eigenvalue weighted by atomic mass is 9.97. The third-order valence-corrected chi connectivity index (χ3v) is 4.52. The van der Waals surface area contributed by atoms with Gasteiger partial charge in [0, 0.05) is 31.4 Å². The molecule has 0 bridgehead atoms. The van der Waals surface area contributed by atoms with E-state index in [9.17, 15) is 9.18 Å². The van der Waals surface area contributed by atoms with E-state index in [0.29, 0.717) is 30.4 Å². The first kappa shape index (κ1) is 18.3. The van der Waals surface area contributed by atoms with Gasteiger partial charge in [0.2, 0.25) is 5.91 Å². The van der Waals surface area contributed by atoms with Crippen molar-refractivity contribution < 1.29 is 9.18 Å². The van der Waals surface area contributed by atoms with Crippen molar-refractivity contribution in [2.75, 3.05) is 24.5 Å². The molecule has 2 heterocycles. The highest BCUT2D eigenvalue weighted by Crippen LogP contribution is 2.24. The standard InChI is InChI=1S/C20H25FN4O/c1-14(2)12-23-20(26)16-6-4-10-25(13-16)18-8-9-22-19(24-18)15-5-3-7-17(21)11-15/h3,5,7-9,11,14,16H,4,6,10,12-13H2,1-2H3,(H,23,26)/t16-/m0/s1. The second kappa shape index (κ2) is 8.25. The van der Waals surface area contributed by atoms with Gasteiger partial charge in [-0.2, -0.15) is 0 Å². The summed E-state index contributed by atoms with van der Waals surface area (Å²) < 4.78 is 13.5. The third kappa shape index (κ3) is 4.56. The summed E-state index contributed by atoms with van der Waals surface area (Å²) in [6.45, 7) is 6.37. The summed E-state index contributed by atoms with van der Waals surface area (Å²) in [6, 6.07) is 8.12. The number of aromatic nitrogens is 2. The number of carbonyl (C=O) groups is 1. The Hall–Kier alpha value is -2.50. The Kier molecular flexibility index (Phi) is 5.81. The number of carbonyl (C=O) groups excluding carboxylic acids is 1. The van der Waals surface area contributed by atoms with Gasteiger partial charge in [0.1, 0.15) is 11.6 Å². The van der Waals surface area contributed by atoms with Crippen LogP contribution < -0.4 is 10.2 Å². The Morgan fingerprint density at radius 3 is 3.00 bits per heavy atom. The van der Waals surface area contributed by atoms with Gasteiger partial charge in [0.05, 0.1) is 5.92 Å². The minimum atomic E-state index is -0.309. The van der Waals surface area contributed by atoms with E-state index in [2.05, 4.69) is 34.0 Å². The minimum absolute atomic E-state index is 0.0323. The van der Waals surface area contributed by atoms with Crippen LogP contribution in [0.4, 0.5) is 10.2 Å². The highest BCUT2D eigenvalue weighted by atomic mass is 19.1. The number of hydrogen-bond acceptors (Lipinski definition) is 4. The first-order valence-electron chi connectivity index (χ1n) is 9.14. The van der Waals surface area contributed by atoms with Crippen LogP contribution in [0.1, 0.15) is 26.7 Å². The van der Waals surface area contributed by atoms with Crippen LogP contribution in [0.3, 0.4) is 0 Å². The molecule has 1 fully saturated rings. The van der Waals surface area contributed by atoms with Gasteiger partial charge < -0.3 is 10.2 Å². The van der Waals surface area contributed by atoms with E-state index in [-0.39, 0.29) is 17.6 Å². The number of piperidine rings is 1. The van der Waals surface area contributed by atoms with Gasteiger partial charge in [-0.05, 0) is 37.0 Å². The molecule has 1 atom stereocenters. The fourth-order valence-electron chi connectivity index (χ4n) is 3.14. The third-order valence-electron chi connectivity index (χ3n) is 4.52. The molecule has 1 aromatic heterocycles. The summed E-state index contributed by atoms with van der Waals surface area (Å²) in [5.74, 6) is 1.48. The molecule has 0 spiro atoms. The average Bonchev–Trinajstić information content (AvgIpc) is 2.66. The molecule has 0 unspecified atom stereocenters. The molecular weight excluding hydrogens is 331 g/mol. The zero-order chi connectivity index (χ0) is 18.5. The highest BCUT2D eigenvalue weighted by molar-refractivity contribution is 5.79. The maximum absolute atomic E-state index is 13.5. The lowest BCUT2D eigenvalue weighted by molar-refractivity contribution is -0.125. The number of rotatable bonds is 5. The van der Waals surface area contributed by atoms with Crippen molar-refractivity contribution in [2.45, 2.75) is 26.7 Å². The van der Waals surface area contributed by atoms with Crippen molar-refractivity contribution in [3.05, 3.63) is 42.3 Å². The number of benzene rings is 1. The maximum Gasteiger partial charge on any atom is 0.224 e. The molecular formula is C20H25FN4O. The van der Waals surface area contributed by atoms with E-state index in [1.807, 2.05) is 6.07 Å². The molecule has 2 aromatic rings. The van der Waals surface area contributed by atoms with Crippen molar-refractivity contribution in [2.24, 2.45) is 11.8 Å². The largest absolute Gasteiger partial charge is 0.356 e. The summed E-state index contributed by atoms with van der Waals surface area (Å²) in [5, 5.41) is 3.03. The van der Waals surface area contributed by atoms with Crippen molar-refractivity contribution in [3.8, 4) is 11.4 Å². The normalized spacial score (nSPS) is 17.4. The predicted octanol–water partition coefficient (Wildman–Crippen LogP) is 3.27. The van der Waals surface area contributed by atoms with Crippen LogP contribution in [0.15, 0.2) is 36.5 Å². The molecule has 6 heteroatoms. The fourth-order valence-corrected chi connectivity index (χ4v) is 3.14. The summed E-state index contributed by atoms with van der Waals surface area (Å²) >= 11 is 0. The second-order valence-electron chi connectivity index (χ2n) is 7.17. The maximum atomic E-state index is 13.5. The number of halogens is 1. The van der Waals surface area contributed by atoms with Gasteiger partial charge in [-0.1, -0.05) is 26.0 Å². The molecule has 1 aromatic carbocycles. The molecule has 1 amide bonds. The van der Waals surface area contributed by atoms with Crippen LogP contribution in [-0.4, -0.2) is 35.5 Å². The monoisotopic (exact) mass is 356 g/mol. The number of anilines is 1. The molecule has 138 valence electrons. The van der Waals surface area contributed by atoms with Crippen LogP contribution in [-0.2, 0) is 4.79 Å². The zero-order valence-electron chi connectivity index (χ0n) is 15.3. The quantitative estimate of drug-likeness (QED) is 0.893. The van der Waals surface area contributed by atoms with Gasteiger partial charge in [-0.15, -0.1) is 0 Å². The summed E-state index contributed by atoms with van der Waals surface area (Å²) in [5.41, 5.74) is 0.648. The van der Waals surface area contributed by atoms with Crippen LogP contribution in [0.5, 0.6) is 0 Å². The molecule has 1 saturated heterocycles.